The van der Waals surface area contributed by atoms with Crippen molar-refractivity contribution in [3.63, 3.8) is 0 Å². The Morgan fingerprint density at radius 2 is 1.56 bits per heavy atom. The van der Waals surface area contributed by atoms with Crippen molar-refractivity contribution in [1.82, 2.24) is 5.32 Å². The molecule has 3 aromatic rings. The zero-order valence-electron chi connectivity index (χ0n) is 21.2. The first kappa shape index (κ1) is 28.3. The molecule has 3 aromatic carbocycles. The number of carboxylic acid groups (broad SMARTS) is 1. The molecule has 8 nitrogen and oxygen atoms in total. The molecule has 4 rings (SSSR count). The second kappa shape index (κ2) is 11.2. The Morgan fingerprint density at radius 1 is 0.974 bits per heavy atom. The topological polar surface area (TPSA) is 113 Å². The van der Waals surface area contributed by atoms with Crippen LogP contribution in [-0.4, -0.2) is 28.9 Å². The highest BCUT2D eigenvalue weighted by Crippen LogP contribution is 2.36. The van der Waals surface area contributed by atoms with Crippen LogP contribution in [0.15, 0.2) is 75.2 Å². The van der Waals surface area contributed by atoms with Crippen LogP contribution in [0.5, 0.6) is 5.75 Å². The Bertz CT molecular complexity index is 1480. The standard InChI is InChI=1S/C29H24Br2N2O6/c1-29(2,3)19-8-10-20(11-9-19)33-26(35)21(25(34)32-28(33)38)12-17-13-22(30)24(23(31)14-17)39-15-16-4-6-18(7-5-16)27(36)37/h4-14H,15H2,1-3H3,(H,36,37)(H,32,34,38). The normalized spacial score (nSPS) is 14.9. The first-order valence-electron chi connectivity index (χ1n) is 11.8. The SMILES string of the molecule is CC(C)(C)c1ccc(N2C(=O)NC(=O)C(=Cc3cc(Br)c(OCc4ccc(C(=O)O)cc4)c(Br)c3)C2=O)cc1. The lowest BCUT2D eigenvalue weighted by Crippen LogP contribution is -2.54. The smallest absolute Gasteiger partial charge is 0.335 e. The quantitative estimate of drug-likeness (QED) is 0.233. The minimum absolute atomic E-state index is 0.102. The second-order valence-corrected chi connectivity index (χ2v) is 11.6. The number of nitrogens with zero attached hydrogens (tertiary/aromatic N) is 1. The summed E-state index contributed by atoms with van der Waals surface area (Å²) in [6.45, 7) is 6.37. The molecule has 0 saturated carbocycles. The molecule has 1 aliphatic rings. The Hall–Kier alpha value is -3.76. The molecule has 0 bridgehead atoms. The summed E-state index contributed by atoms with van der Waals surface area (Å²) in [5, 5.41) is 11.3. The summed E-state index contributed by atoms with van der Waals surface area (Å²) in [7, 11) is 0. The van der Waals surface area contributed by atoms with Crippen molar-refractivity contribution in [2.45, 2.75) is 32.8 Å². The van der Waals surface area contributed by atoms with E-state index in [4.69, 9.17) is 9.84 Å². The van der Waals surface area contributed by atoms with Gasteiger partial charge in [-0.2, -0.15) is 0 Å². The lowest BCUT2D eigenvalue weighted by Gasteiger charge is -2.27. The number of amides is 4. The van der Waals surface area contributed by atoms with Gasteiger partial charge in [0.1, 0.15) is 17.9 Å². The molecule has 39 heavy (non-hydrogen) atoms. The zero-order chi connectivity index (χ0) is 28.5. The molecule has 0 unspecified atom stereocenters. The Kier molecular flexibility index (Phi) is 8.08. The third-order valence-corrected chi connectivity index (χ3v) is 7.19. The predicted octanol–water partition coefficient (Wildman–Crippen LogP) is 6.45. The number of rotatable bonds is 6. The largest absolute Gasteiger partial charge is 0.487 e. The van der Waals surface area contributed by atoms with Crippen LogP contribution in [0.2, 0.25) is 0 Å². The molecule has 1 fully saturated rings. The maximum Gasteiger partial charge on any atom is 0.335 e. The van der Waals surface area contributed by atoms with E-state index in [1.807, 2.05) is 12.1 Å². The predicted molar refractivity (Wildman–Crippen MR) is 154 cm³/mol. The fourth-order valence-corrected chi connectivity index (χ4v) is 5.32. The average Bonchev–Trinajstić information content (AvgIpc) is 2.86. The van der Waals surface area contributed by atoms with E-state index in [9.17, 15) is 19.2 Å². The van der Waals surface area contributed by atoms with Gasteiger partial charge in [-0.1, -0.05) is 45.0 Å². The maximum absolute atomic E-state index is 13.3. The van der Waals surface area contributed by atoms with Gasteiger partial charge in [0.05, 0.1) is 20.2 Å². The molecule has 10 heteroatoms. The van der Waals surface area contributed by atoms with Crippen LogP contribution in [-0.2, 0) is 21.6 Å². The number of urea groups is 1. The fourth-order valence-electron chi connectivity index (χ4n) is 3.87. The van der Waals surface area contributed by atoms with Crippen molar-refractivity contribution < 1.29 is 29.0 Å². The molecule has 0 radical (unpaired) electrons. The number of carboxylic acids is 1. The highest BCUT2D eigenvalue weighted by Gasteiger charge is 2.37. The van der Waals surface area contributed by atoms with E-state index in [0.717, 1.165) is 16.0 Å². The molecule has 4 amide bonds. The van der Waals surface area contributed by atoms with Crippen LogP contribution >= 0.6 is 31.9 Å². The lowest BCUT2D eigenvalue weighted by molar-refractivity contribution is -0.122. The van der Waals surface area contributed by atoms with E-state index in [1.165, 1.54) is 18.2 Å². The van der Waals surface area contributed by atoms with Crippen LogP contribution in [0.25, 0.3) is 6.08 Å². The van der Waals surface area contributed by atoms with Gasteiger partial charge in [-0.3, -0.25) is 14.9 Å². The number of halogens is 2. The van der Waals surface area contributed by atoms with Crippen LogP contribution in [0, 0.1) is 0 Å². The first-order chi connectivity index (χ1) is 18.3. The maximum atomic E-state index is 13.3. The highest BCUT2D eigenvalue weighted by molar-refractivity contribution is 9.11. The van der Waals surface area contributed by atoms with Crippen molar-refractivity contribution in [1.29, 1.82) is 0 Å². The van der Waals surface area contributed by atoms with Gasteiger partial charge in [0.2, 0.25) is 0 Å². The zero-order valence-corrected chi connectivity index (χ0v) is 24.4. The summed E-state index contributed by atoms with van der Waals surface area (Å²) in [5.74, 6) is -2.04. The third-order valence-electron chi connectivity index (χ3n) is 6.01. The summed E-state index contributed by atoms with van der Waals surface area (Å²) < 4.78 is 7.01. The minimum atomic E-state index is -1.01. The minimum Gasteiger partial charge on any atom is -0.487 e. The number of hydrogen-bond acceptors (Lipinski definition) is 5. The van der Waals surface area contributed by atoms with Crippen LogP contribution in [0.1, 0.15) is 47.8 Å². The molecule has 1 heterocycles. The number of benzene rings is 3. The molecular weight excluding hydrogens is 632 g/mol. The molecule has 200 valence electrons. The van der Waals surface area contributed by atoms with Gasteiger partial charge in [0, 0.05) is 0 Å². The first-order valence-corrected chi connectivity index (χ1v) is 13.4. The van der Waals surface area contributed by atoms with Gasteiger partial charge in [0.25, 0.3) is 11.8 Å². The molecule has 2 N–H and O–H groups in total. The molecule has 0 aromatic heterocycles. The third kappa shape index (κ3) is 6.29. The number of imide groups is 2. The second-order valence-electron chi connectivity index (χ2n) is 9.86. The number of barbiturate groups is 1. The van der Waals surface area contributed by atoms with E-state index >= 15 is 0 Å². The Morgan fingerprint density at radius 3 is 2.10 bits per heavy atom. The van der Waals surface area contributed by atoms with Gasteiger partial charge >= 0.3 is 12.0 Å². The Balaban J connectivity index is 1.56. The number of nitrogens with one attached hydrogen (secondary N) is 1. The van der Waals surface area contributed by atoms with Gasteiger partial charge < -0.3 is 9.84 Å². The van der Waals surface area contributed by atoms with E-state index < -0.39 is 23.8 Å². The molecule has 0 spiro atoms. The number of anilines is 1. The molecule has 0 aliphatic carbocycles. The summed E-state index contributed by atoms with van der Waals surface area (Å²) in [6.07, 6.45) is 1.41. The van der Waals surface area contributed by atoms with Crippen LogP contribution < -0.4 is 15.0 Å². The highest BCUT2D eigenvalue weighted by atomic mass is 79.9. The summed E-state index contributed by atoms with van der Waals surface area (Å²) in [6, 6.07) is 15.9. The monoisotopic (exact) mass is 654 g/mol. The van der Waals surface area contributed by atoms with Crippen molar-refractivity contribution in [3.8, 4) is 5.75 Å². The number of carbonyl (C=O) groups is 4. The lowest BCUT2D eigenvalue weighted by atomic mass is 9.87. The van der Waals surface area contributed by atoms with Crippen molar-refractivity contribution in [2.24, 2.45) is 0 Å². The van der Waals surface area contributed by atoms with Gasteiger partial charge in [-0.05, 0) is 96.4 Å². The van der Waals surface area contributed by atoms with Crippen LogP contribution in [0.3, 0.4) is 0 Å². The van der Waals surface area contributed by atoms with Gasteiger partial charge in [-0.25, -0.2) is 14.5 Å². The summed E-state index contributed by atoms with van der Waals surface area (Å²) >= 11 is 6.93. The molecule has 0 atom stereocenters. The number of aromatic carboxylic acids is 1. The van der Waals surface area contributed by atoms with E-state index in [0.29, 0.717) is 25.9 Å². The average molecular weight is 656 g/mol. The van der Waals surface area contributed by atoms with E-state index in [-0.39, 0.29) is 23.2 Å². The molecular formula is C29H24Br2N2O6. The van der Waals surface area contributed by atoms with Crippen molar-refractivity contribution >= 4 is 67.4 Å². The Labute approximate surface area is 241 Å². The van der Waals surface area contributed by atoms with E-state index in [2.05, 4.69) is 57.9 Å². The van der Waals surface area contributed by atoms with E-state index in [1.54, 1.807) is 36.4 Å². The van der Waals surface area contributed by atoms with Crippen LogP contribution in [0.4, 0.5) is 10.5 Å². The number of ether oxygens (including phenoxy) is 1. The van der Waals surface area contributed by atoms with Crippen molar-refractivity contribution in [2.75, 3.05) is 4.90 Å². The molecule has 1 saturated heterocycles. The molecule has 1 aliphatic heterocycles. The summed E-state index contributed by atoms with van der Waals surface area (Å²) in [4.78, 5) is 50.4. The summed E-state index contributed by atoms with van der Waals surface area (Å²) in [5.41, 5.74) is 2.57. The number of carbonyl (C=O) groups excluding carboxylic acids is 3. The number of hydrogen-bond donors (Lipinski definition) is 2. The fraction of sp³-hybridized carbons (Fsp3) is 0.172. The van der Waals surface area contributed by atoms with Crippen molar-refractivity contribution in [3.05, 3.63) is 97.4 Å². The van der Waals surface area contributed by atoms with Gasteiger partial charge in [0.15, 0.2) is 0 Å². The van der Waals surface area contributed by atoms with Gasteiger partial charge in [-0.15, -0.1) is 0 Å².